The fraction of sp³-hybridized carbons (Fsp3) is 0. The Morgan fingerprint density at radius 1 is 0.758 bits per heavy atom. The summed E-state index contributed by atoms with van der Waals surface area (Å²) in [6.45, 7) is 0. The van der Waals surface area contributed by atoms with Gasteiger partial charge in [-0.15, -0.1) is 0 Å². The van der Waals surface area contributed by atoms with E-state index in [1.54, 1.807) is 54.7 Å². The number of halogens is 2. The third-order valence-electron chi connectivity index (χ3n) is 3.67. The minimum Gasteiger partial charge on any atom is -0.279 e. The van der Waals surface area contributed by atoms with Gasteiger partial charge in [-0.3, -0.25) is 19.3 Å². The Kier molecular flexibility index (Phi) is 9.30. The summed E-state index contributed by atoms with van der Waals surface area (Å²) in [4.78, 5) is 12.1. The Balaban J connectivity index is 0.000000696. The molecule has 0 saturated carbocycles. The van der Waals surface area contributed by atoms with E-state index in [1.165, 1.54) is 30.5 Å². The number of rotatable bonds is 6. The van der Waals surface area contributed by atoms with Crippen molar-refractivity contribution in [2.24, 2.45) is 10.2 Å². The van der Waals surface area contributed by atoms with Crippen molar-refractivity contribution in [3.8, 4) is 0 Å². The summed E-state index contributed by atoms with van der Waals surface area (Å²) < 4.78 is 57.3. The van der Waals surface area contributed by atoms with Crippen LogP contribution in [-0.2, 0) is 10.4 Å². The molecule has 4 N–H and O–H groups in total. The highest BCUT2D eigenvalue weighted by Crippen LogP contribution is 2.10. The summed E-state index contributed by atoms with van der Waals surface area (Å²) in [5.41, 5.74) is 7.76. The van der Waals surface area contributed by atoms with Gasteiger partial charge in [0.25, 0.3) is 5.91 Å². The van der Waals surface area contributed by atoms with Gasteiger partial charge in [-0.2, -0.15) is 18.6 Å². The number of hydrogen-bond acceptors (Lipinski definition) is 6. The third-order valence-corrected chi connectivity index (χ3v) is 3.67. The van der Waals surface area contributed by atoms with Crippen molar-refractivity contribution in [3.63, 3.8) is 0 Å². The second-order valence-corrected chi connectivity index (χ2v) is 7.09. The minimum absolute atomic E-state index is 0.305. The van der Waals surface area contributed by atoms with Crippen molar-refractivity contribution in [2.75, 3.05) is 5.43 Å². The van der Waals surface area contributed by atoms with E-state index in [4.69, 9.17) is 17.5 Å². The van der Waals surface area contributed by atoms with Gasteiger partial charge in [-0.1, -0.05) is 24.3 Å². The average molecular weight is 476 g/mol. The standard InChI is InChI=1S/C21H16F2N4O.H2O4S/c22-18-7-1-15(2-8-18)13-24-26-20-11-5-17(6-12-20)21(28)27-25-14-16-3-9-19(23)10-4-16;1-5(2,3)4/h1-14,26H,(H,27,28);(H2,1,2,3,4)/b24-13+,25-14+;. The number of hydrogen-bond donors (Lipinski definition) is 4. The summed E-state index contributed by atoms with van der Waals surface area (Å²) in [6.07, 6.45) is 2.99. The first-order valence-corrected chi connectivity index (χ1v) is 10.4. The van der Waals surface area contributed by atoms with Gasteiger partial charge in [0, 0.05) is 5.56 Å². The SMILES string of the molecule is O=C(N/N=C/c1ccc(F)cc1)c1ccc(N/N=C/c2ccc(F)cc2)cc1.O=S(=O)(O)O. The lowest BCUT2D eigenvalue weighted by Gasteiger charge is -2.03. The van der Waals surface area contributed by atoms with Crippen molar-refractivity contribution >= 4 is 34.4 Å². The van der Waals surface area contributed by atoms with Crippen LogP contribution in [0.25, 0.3) is 0 Å². The molecule has 0 aliphatic rings. The van der Waals surface area contributed by atoms with Crippen molar-refractivity contribution < 1.29 is 31.1 Å². The lowest BCUT2D eigenvalue weighted by molar-refractivity contribution is 0.0955. The first-order chi connectivity index (χ1) is 15.6. The maximum atomic E-state index is 12.8. The summed E-state index contributed by atoms with van der Waals surface area (Å²) in [6, 6.07) is 18.3. The molecule has 0 heterocycles. The fourth-order valence-electron chi connectivity index (χ4n) is 2.21. The summed E-state index contributed by atoms with van der Waals surface area (Å²) in [5.74, 6) is -1.02. The Bertz CT molecular complexity index is 1210. The van der Waals surface area contributed by atoms with Crippen LogP contribution in [0.2, 0.25) is 0 Å². The van der Waals surface area contributed by atoms with Gasteiger partial charge in [0.1, 0.15) is 11.6 Å². The molecule has 3 rings (SSSR count). The molecule has 0 aromatic heterocycles. The van der Waals surface area contributed by atoms with Crippen molar-refractivity contribution in [3.05, 3.63) is 101 Å². The van der Waals surface area contributed by atoms with Crippen molar-refractivity contribution in [1.82, 2.24) is 5.43 Å². The predicted molar refractivity (Wildman–Crippen MR) is 120 cm³/mol. The molecule has 9 nitrogen and oxygen atoms in total. The van der Waals surface area contributed by atoms with Gasteiger partial charge in [-0.25, -0.2) is 14.2 Å². The molecule has 0 radical (unpaired) electrons. The van der Waals surface area contributed by atoms with E-state index in [-0.39, 0.29) is 17.5 Å². The van der Waals surface area contributed by atoms with Crippen LogP contribution < -0.4 is 10.9 Å². The number of nitrogens with zero attached hydrogens (tertiary/aromatic N) is 2. The highest BCUT2D eigenvalue weighted by molar-refractivity contribution is 7.79. The number of hydrazone groups is 2. The lowest BCUT2D eigenvalue weighted by Crippen LogP contribution is -2.17. The Labute approximate surface area is 188 Å². The highest BCUT2D eigenvalue weighted by Gasteiger charge is 2.03. The van der Waals surface area contributed by atoms with Crippen molar-refractivity contribution in [2.45, 2.75) is 0 Å². The number of anilines is 1. The molecule has 0 fully saturated rings. The summed E-state index contributed by atoms with van der Waals surface area (Å²) in [7, 11) is -4.67. The predicted octanol–water partition coefficient (Wildman–Crippen LogP) is 3.52. The normalized spacial score (nSPS) is 11.2. The Hall–Kier alpha value is -4.00. The number of amides is 1. The molecule has 0 spiro atoms. The number of carbonyl (C=O) groups is 1. The van der Waals surface area contributed by atoms with Gasteiger partial charge >= 0.3 is 10.4 Å². The van der Waals surface area contributed by atoms with Crippen LogP contribution in [0, 0.1) is 11.6 Å². The first kappa shape index (κ1) is 25.3. The first-order valence-electron chi connectivity index (χ1n) is 9.04. The molecule has 172 valence electrons. The van der Waals surface area contributed by atoms with E-state index in [0.29, 0.717) is 16.8 Å². The van der Waals surface area contributed by atoms with Gasteiger partial charge in [-0.05, 0) is 59.7 Å². The quantitative estimate of drug-likeness (QED) is 0.244. The zero-order valence-corrected chi connectivity index (χ0v) is 17.6. The van der Waals surface area contributed by atoms with Crippen molar-refractivity contribution in [1.29, 1.82) is 0 Å². The molecular weight excluding hydrogens is 458 g/mol. The Morgan fingerprint density at radius 3 is 1.64 bits per heavy atom. The summed E-state index contributed by atoms with van der Waals surface area (Å²) >= 11 is 0. The Morgan fingerprint density at radius 2 is 1.18 bits per heavy atom. The van der Waals surface area contributed by atoms with E-state index in [2.05, 4.69) is 21.1 Å². The molecule has 0 atom stereocenters. The molecule has 1 amide bonds. The molecule has 0 aliphatic heterocycles. The van der Waals surface area contributed by atoms with Crippen LogP contribution in [0.3, 0.4) is 0 Å². The maximum absolute atomic E-state index is 12.8. The van der Waals surface area contributed by atoms with E-state index in [0.717, 1.165) is 5.56 Å². The number of carbonyl (C=O) groups excluding carboxylic acids is 1. The zero-order chi connectivity index (χ0) is 24.3. The lowest BCUT2D eigenvalue weighted by atomic mass is 10.2. The molecular formula is C21H18F2N4O5S. The molecule has 33 heavy (non-hydrogen) atoms. The van der Waals surface area contributed by atoms with Gasteiger partial charge in [0.2, 0.25) is 0 Å². The zero-order valence-electron chi connectivity index (χ0n) is 16.8. The number of benzene rings is 3. The minimum atomic E-state index is -4.67. The highest BCUT2D eigenvalue weighted by atomic mass is 32.3. The molecule has 3 aromatic rings. The van der Waals surface area contributed by atoms with Gasteiger partial charge in [0.15, 0.2) is 0 Å². The molecule has 0 aliphatic carbocycles. The average Bonchev–Trinajstić information content (AvgIpc) is 2.76. The maximum Gasteiger partial charge on any atom is 0.394 e. The van der Waals surface area contributed by atoms with Crippen LogP contribution in [0.5, 0.6) is 0 Å². The molecule has 0 unspecified atom stereocenters. The third kappa shape index (κ3) is 10.7. The van der Waals surface area contributed by atoms with Crippen LogP contribution in [0.15, 0.2) is 83.0 Å². The molecule has 0 saturated heterocycles. The van der Waals surface area contributed by atoms with Crippen LogP contribution >= 0.6 is 0 Å². The largest absolute Gasteiger partial charge is 0.394 e. The summed E-state index contributed by atoms with van der Waals surface area (Å²) in [5, 5.41) is 7.90. The second kappa shape index (κ2) is 12.1. The molecule has 0 bridgehead atoms. The second-order valence-electron chi connectivity index (χ2n) is 6.20. The van der Waals surface area contributed by atoms with E-state index in [1.807, 2.05) is 0 Å². The van der Waals surface area contributed by atoms with Gasteiger partial charge in [0.05, 0.1) is 18.1 Å². The van der Waals surface area contributed by atoms with E-state index in [9.17, 15) is 13.6 Å². The smallest absolute Gasteiger partial charge is 0.279 e. The molecule has 3 aromatic carbocycles. The fourth-order valence-corrected chi connectivity index (χ4v) is 2.21. The van der Waals surface area contributed by atoms with Gasteiger partial charge < -0.3 is 0 Å². The van der Waals surface area contributed by atoms with Crippen LogP contribution in [0.1, 0.15) is 21.5 Å². The monoisotopic (exact) mass is 476 g/mol. The molecule has 12 heteroatoms. The number of nitrogens with one attached hydrogen (secondary N) is 2. The van der Waals surface area contributed by atoms with Crippen LogP contribution in [0.4, 0.5) is 14.5 Å². The topological polar surface area (TPSA) is 140 Å². The van der Waals surface area contributed by atoms with E-state index >= 15 is 0 Å². The van der Waals surface area contributed by atoms with E-state index < -0.39 is 10.4 Å². The van der Waals surface area contributed by atoms with Crippen LogP contribution in [-0.4, -0.2) is 35.9 Å².